The molecule has 1 atom stereocenters. The fourth-order valence-corrected chi connectivity index (χ4v) is 4.46. The Labute approximate surface area is 168 Å². The lowest BCUT2D eigenvalue weighted by Crippen LogP contribution is -2.48. The molecule has 1 amide bonds. The monoisotopic (exact) mass is 387 g/mol. The van der Waals surface area contributed by atoms with Crippen LogP contribution in [0.5, 0.6) is 0 Å². The number of hydrogen-bond acceptors (Lipinski definition) is 4. The van der Waals surface area contributed by atoms with Crippen LogP contribution in [0.1, 0.15) is 44.8 Å². The second-order valence-corrected chi connectivity index (χ2v) is 7.65. The first-order valence-corrected chi connectivity index (χ1v) is 9.81. The van der Waals surface area contributed by atoms with Gasteiger partial charge in [-0.05, 0) is 38.0 Å². The Bertz CT molecular complexity index is 1110. The molecular weight excluding hydrogens is 366 g/mol. The molecule has 0 N–H and O–H groups in total. The van der Waals surface area contributed by atoms with Gasteiger partial charge in [0.25, 0.3) is 5.91 Å². The number of rotatable bonds is 2. The Hall–Kier alpha value is -3.41. The zero-order valence-electron chi connectivity index (χ0n) is 16.2. The van der Waals surface area contributed by atoms with E-state index in [1.54, 1.807) is 21.8 Å². The van der Waals surface area contributed by atoms with Gasteiger partial charge in [0, 0.05) is 12.1 Å². The molecule has 2 aliphatic rings. The summed E-state index contributed by atoms with van der Waals surface area (Å²) in [6.45, 7) is 2.90. The van der Waals surface area contributed by atoms with Crippen molar-refractivity contribution < 1.29 is 14.3 Å². The highest BCUT2D eigenvalue weighted by atomic mass is 16.6. The highest BCUT2D eigenvalue weighted by Crippen LogP contribution is 2.43. The van der Waals surface area contributed by atoms with E-state index in [0.29, 0.717) is 24.2 Å². The summed E-state index contributed by atoms with van der Waals surface area (Å²) in [4.78, 5) is 27.5. The zero-order chi connectivity index (χ0) is 20.0. The number of esters is 1. The number of amides is 1. The van der Waals surface area contributed by atoms with Crippen molar-refractivity contribution in [3.05, 3.63) is 83.2 Å². The summed E-state index contributed by atoms with van der Waals surface area (Å²) in [7, 11) is 0. The molecule has 3 heterocycles. The summed E-state index contributed by atoms with van der Waals surface area (Å²) in [6, 6.07) is 17.2. The Kier molecular flexibility index (Phi) is 4.01. The van der Waals surface area contributed by atoms with Crippen molar-refractivity contribution in [1.82, 2.24) is 14.7 Å². The summed E-state index contributed by atoms with van der Waals surface area (Å²) < 4.78 is 7.60. The highest BCUT2D eigenvalue weighted by molar-refractivity contribution is 5.97. The van der Waals surface area contributed by atoms with Gasteiger partial charge in [0.2, 0.25) is 0 Å². The molecule has 0 saturated carbocycles. The molecule has 6 nitrogen and oxygen atoms in total. The standard InChI is InChI=1S/C23H21N3O3/c1-16-19(14-24-26(16)17-8-3-2-4-9-17)21(27)25-13-7-12-23(15-25)20-11-6-5-10-18(20)22(28)29-23/h2-6,8-11,14H,7,12-13,15H2,1H3/t23-/m0/s1. The summed E-state index contributed by atoms with van der Waals surface area (Å²) in [5.41, 5.74) is 3.03. The molecule has 1 saturated heterocycles. The van der Waals surface area contributed by atoms with Gasteiger partial charge < -0.3 is 9.64 Å². The molecule has 2 aliphatic heterocycles. The molecule has 0 radical (unpaired) electrons. The molecule has 3 aromatic rings. The fourth-order valence-electron chi connectivity index (χ4n) is 4.46. The molecule has 146 valence electrons. The first-order valence-electron chi connectivity index (χ1n) is 9.81. The molecule has 0 unspecified atom stereocenters. The van der Waals surface area contributed by atoms with Gasteiger partial charge in [-0.15, -0.1) is 0 Å². The van der Waals surface area contributed by atoms with Gasteiger partial charge in [-0.3, -0.25) is 4.79 Å². The number of benzene rings is 2. The normalized spacial score (nSPS) is 20.6. The SMILES string of the molecule is Cc1c(C(=O)N2CCC[C@@]3(C2)OC(=O)c2ccccc23)cnn1-c1ccccc1. The van der Waals surface area contributed by atoms with Crippen LogP contribution in [0, 0.1) is 6.92 Å². The number of nitrogens with zero attached hydrogens (tertiary/aromatic N) is 3. The number of aromatic nitrogens is 2. The first kappa shape index (κ1) is 17.7. The predicted molar refractivity (Wildman–Crippen MR) is 107 cm³/mol. The van der Waals surface area contributed by atoms with Crippen molar-refractivity contribution in [1.29, 1.82) is 0 Å². The summed E-state index contributed by atoms with van der Waals surface area (Å²) in [5.74, 6) is -0.382. The number of piperidine rings is 1. The van der Waals surface area contributed by atoms with E-state index in [4.69, 9.17) is 4.74 Å². The number of likely N-dealkylation sites (tertiary alicyclic amines) is 1. The number of carbonyl (C=O) groups excluding carboxylic acids is 2. The smallest absolute Gasteiger partial charge is 0.339 e. The van der Waals surface area contributed by atoms with E-state index in [1.807, 2.05) is 55.5 Å². The summed E-state index contributed by atoms with van der Waals surface area (Å²) in [6.07, 6.45) is 3.13. The Balaban J connectivity index is 1.45. The third-order valence-corrected chi connectivity index (χ3v) is 5.91. The maximum atomic E-state index is 13.3. The van der Waals surface area contributed by atoms with Crippen molar-refractivity contribution in [3.63, 3.8) is 0 Å². The lowest BCUT2D eigenvalue weighted by Gasteiger charge is -2.39. The van der Waals surface area contributed by atoms with Gasteiger partial charge in [-0.2, -0.15) is 5.10 Å². The summed E-state index contributed by atoms with van der Waals surface area (Å²) >= 11 is 0. The van der Waals surface area contributed by atoms with Crippen LogP contribution in [-0.2, 0) is 10.3 Å². The van der Waals surface area contributed by atoms with E-state index in [2.05, 4.69) is 5.10 Å². The quantitative estimate of drug-likeness (QED) is 0.632. The largest absolute Gasteiger partial charge is 0.449 e. The second kappa shape index (κ2) is 6.58. The highest BCUT2D eigenvalue weighted by Gasteiger charge is 2.48. The molecule has 5 rings (SSSR count). The van der Waals surface area contributed by atoms with E-state index in [9.17, 15) is 9.59 Å². The minimum absolute atomic E-state index is 0.0795. The van der Waals surface area contributed by atoms with Crippen molar-refractivity contribution in [3.8, 4) is 5.69 Å². The Morgan fingerprint density at radius 1 is 1.10 bits per heavy atom. The number of fused-ring (bicyclic) bond motifs is 2. The third kappa shape index (κ3) is 2.75. The maximum absolute atomic E-state index is 13.3. The second-order valence-electron chi connectivity index (χ2n) is 7.65. The Morgan fingerprint density at radius 3 is 2.69 bits per heavy atom. The molecule has 2 aromatic carbocycles. The fraction of sp³-hybridized carbons (Fsp3) is 0.261. The van der Waals surface area contributed by atoms with Crippen LogP contribution >= 0.6 is 0 Å². The number of hydrogen-bond donors (Lipinski definition) is 0. The van der Waals surface area contributed by atoms with Gasteiger partial charge in [0.1, 0.15) is 0 Å². The molecular formula is C23H21N3O3. The minimum atomic E-state index is -0.745. The first-order chi connectivity index (χ1) is 14.1. The van der Waals surface area contributed by atoms with Gasteiger partial charge in [-0.25, -0.2) is 9.48 Å². The van der Waals surface area contributed by atoms with Crippen LogP contribution in [0.25, 0.3) is 5.69 Å². The summed E-state index contributed by atoms with van der Waals surface area (Å²) in [5, 5.41) is 4.42. The lowest BCUT2D eigenvalue weighted by atomic mass is 9.85. The molecule has 29 heavy (non-hydrogen) atoms. The third-order valence-electron chi connectivity index (χ3n) is 5.91. The van der Waals surface area contributed by atoms with Gasteiger partial charge in [-0.1, -0.05) is 36.4 Å². The van der Waals surface area contributed by atoms with Crippen LogP contribution < -0.4 is 0 Å². The maximum Gasteiger partial charge on any atom is 0.339 e. The zero-order valence-corrected chi connectivity index (χ0v) is 16.2. The van der Waals surface area contributed by atoms with Gasteiger partial charge in [0.15, 0.2) is 5.60 Å². The van der Waals surface area contributed by atoms with Gasteiger partial charge >= 0.3 is 5.97 Å². The topological polar surface area (TPSA) is 64.4 Å². The van der Waals surface area contributed by atoms with E-state index in [0.717, 1.165) is 29.8 Å². The molecule has 1 aromatic heterocycles. The van der Waals surface area contributed by atoms with Crippen LogP contribution in [0.2, 0.25) is 0 Å². The van der Waals surface area contributed by atoms with E-state index in [-0.39, 0.29) is 11.9 Å². The van der Waals surface area contributed by atoms with Crippen molar-refractivity contribution >= 4 is 11.9 Å². The predicted octanol–water partition coefficient (Wildman–Crippen LogP) is 3.48. The van der Waals surface area contributed by atoms with E-state index < -0.39 is 5.60 Å². The van der Waals surface area contributed by atoms with Crippen molar-refractivity contribution in [2.75, 3.05) is 13.1 Å². The lowest BCUT2D eigenvalue weighted by molar-refractivity contribution is -0.0442. The van der Waals surface area contributed by atoms with Crippen LogP contribution in [0.15, 0.2) is 60.8 Å². The number of para-hydroxylation sites is 1. The molecule has 6 heteroatoms. The van der Waals surface area contributed by atoms with Crippen LogP contribution in [0.4, 0.5) is 0 Å². The number of ether oxygens (including phenoxy) is 1. The van der Waals surface area contributed by atoms with E-state index >= 15 is 0 Å². The van der Waals surface area contributed by atoms with Gasteiger partial charge in [0.05, 0.1) is 35.2 Å². The van der Waals surface area contributed by atoms with E-state index in [1.165, 1.54) is 0 Å². The van der Waals surface area contributed by atoms with Crippen molar-refractivity contribution in [2.24, 2.45) is 0 Å². The Morgan fingerprint density at radius 2 is 1.86 bits per heavy atom. The molecule has 0 bridgehead atoms. The number of carbonyl (C=O) groups is 2. The van der Waals surface area contributed by atoms with Crippen molar-refractivity contribution in [2.45, 2.75) is 25.4 Å². The average Bonchev–Trinajstić information content (AvgIpc) is 3.26. The minimum Gasteiger partial charge on any atom is -0.449 e. The average molecular weight is 387 g/mol. The molecule has 1 spiro atoms. The van der Waals surface area contributed by atoms with Crippen LogP contribution in [-0.4, -0.2) is 39.6 Å². The van der Waals surface area contributed by atoms with Crippen LogP contribution in [0.3, 0.4) is 0 Å². The molecule has 1 fully saturated rings. The molecule has 0 aliphatic carbocycles.